The number of fused-ring (bicyclic) bond motifs is 1. The summed E-state index contributed by atoms with van der Waals surface area (Å²) in [6.07, 6.45) is 5.25. The van der Waals surface area contributed by atoms with Crippen LogP contribution in [0.4, 0.5) is 0 Å². The minimum absolute atomic E-state index is 0.634. The van der Waals surface area contributed by atoms with E-state index in [4.69, 9.17) is 0 Å². The van der Waals surface area contributed by atoms with E-state index >= 15 is 0 Å². The van der Waals surface area contributed by atoms with Gasteiger partial charge in [0.25, 0.3) is 0 Å². The number of aromatic nitrogens is 4. The zero-order valence-corrected chi connectivity index (χ0v) is 11.0. The van der Waals surface area contributed by atoms with Gasteiger partial charge in [-0.1, -0.05) is 27.7 Å². The Morgan fingerprint density at radius 3 is 2.29 bits per heavy atom. The summed E-state index contributed by atoms with van der Waals surface area (Å²) in [6, 6.07) is 0. The number of hydrogen-bond donors (Lipinski definition) is 0. The Labute approximate surface area is 102 Å². The van der Waals surface area contributed by atoms with Crippen molar-refractivity contribution >= 4 is 11.3 Å². The first-order chi connectivity index (χ1) is 8.09. The van der Waals surface area contributed by atoms with E-state index in [-0.39, 0.29) is 0 Å². The Morgan fingerprint density at radius 2 is 1.65 bits per heavy atom. The van der Waals surface area contributed by atoms with Crippen LogP contribution in [-0.2, 0) is 6.54 Å². The third-order valence-corrected chi connectivity index (χ3v) is 3.37. The molecule has 0 unspecified atom stereocenters. The first kappa shape index (κ1) is 12.0. The lowest BCUT2D eigenvalue weighted by molar-refractivity contribution is 0.254. The molecule has 0 fully saturated rings. The third kappa shape index (κ3) is 2.46. The van der Waals surface area contributed by atoms with E-state index in [9.17, 15) is 0 Å². The average molecular weight is 232 g/mol. The summed E-state index contributed by atoms with van der Waals surface area (Å²) < 4.78 is 2.12. The summed E-state index contributed by atoms with van der Waals surface area (Å²) in [4.78, 5) is 12.8. The molecular formula is C13H20N4. The number of imidazole rings is 1. The fraction of sp³-hybridized carbons (Fsp3) is 0.615. The third-order valence-electron chi connectivity index (χ3n) is 3.37. The molecule has 4 heteroatoms. The van der Waals surface area contributed by atoms with Gasteiger partial charge in [0.1, 0.15) is 0 Å². The first-order valence-electron chi connectivity index (χ1n) is 6.21. The molecule has 0 N–H and O–H groups in total. The first-order valence-corrected chi connectivity index (χ1v) is 6.21. The molecule has 0 atom stereocenters. The lowest BCUT2D eigenvalue weighted by atomic mass is 9.85. The van der Waals surface area contributed by atoms with Crippen LogP contribution in [0, 0.1) is 17.8 Å². The quantitative estimate of drug-likeness (QED) is 0.814. The standard InChI is InChI=1S/C13H20N4/c1-9(2)11(10(3)4)7-17-8-16-12-13(17)15-6-5-14-12/h5-6,8-11H,7H2,1-4H3. The highest BCUT2D eigenvalue weighted by molar-refractivity contribution is 5.64. The fourth-order valence-electron chi connectivity index (χ4n) is 2.35. The van der Waals surface area contributed by atoms with Gasteiger partial charge in [0.2, 0.25) is 0 Å². The molecular weight excluding hydrogens is 212 g/mol. The Balaban J connectivity index is 2.28. The Morgan fingerprint density at radius 1 is 1.00 bits per heavy atom. The monoisotopic (exact) mass is 232 g/mol. The zero-order valence-electron chi connectivity index (χ0n) is 11.0. The summed E-state index contributed by atoms with van der Waals surface area (Å²) >= 11 is 0. The van der Waals surface area contributed by atoms with E-state index in [1.54, 1.807) is 12.4 Å². The summed E-state index contributed by atoms with van der Waals surface area (Å²) in [5.74, 6) is 1.95. The number of hydrogen-bond acceptors (Lipinski definition) is 3. The van der Waals surface area contributed by atoms with E-state index in [0.717, 1.165) is 17.8 Å². The van der Waals surface area contributed by atoms with Crippen LogP contribution >= 0.6 is 0 Å². The van der Waals surface area contributed by atoms with Crippen molar-refractivity contribution in [3.8, 4) is 0 Å². The van der Waals surface area contributed by atoms with E-state index in [2.05, 4.69) is 47.2 Å². The highest BCUT2D eigenvalue weighted by atomic mass is 15.1. The molecule has 0 radical (unpaired) electrons. The highest BCUT2D eigenvalue weighted by Gasteiger charge is 2.19. The maximum atomic E-state index is 4.35. The van der Waals surface area contributed by atoms with Crippen LogP contribution in [0.25, 0.3) is 11.3 Å². The second kappa shape index (κ2) is 4.82. The molecule has 4 nitrogen and oxygen atoms in total. The van der Waals surface area contributed by atoms with E-state index < -0.39 is 0 Å². The molecule has 0 saturated heterocycles. The fourth-order valence-corrected chi connectivity index (χ4v) is 2.35. The van der Waals surface area contributed by atoms with Gasteiger partial charge in [-0.3, -0.25) is 0 Å². The van der Waals surface area contributed by atoms with Crippen LogP contribution in [0.3, 0.4) is 0 Å². The molecule has 2 aromatic heterocycles. The molecule has 0 amide bonds. The predicted molar refractivity (Wildman–Crippen MR) is 68.5 cm³/mol. The molecule has 0 saturated carbocycles. The Bertz CT molecular complexity index is 479. The van der Waals surface area contributed by atoms with Crippen LogP contribution in [-0.4, -0.2) is 19.5 Å². The Hall–Kier alpha value is -1.45. The summed E-state index contributed by atoms with van der Waals surface area (Å²) in [5.41, 5.74) is 1.62. The molecule has 0 aliphatic carbocycles. The van der Waals surface area contributed by atoms with Crippen molar-refractivity contribution in [2.75, 3.05) is 0 Å². The van der Waals surface area contributed by atoms with Gasteiger partial charge in [0, 0.05) is 18.9 Å². The normalized spacial score (nSPS) is 12.2. The van der Waals surface area contributed by atoms with E-state index in [1.807, 2.05) is 6.33 Å². The number of rotatable bonds is 4. The van der Waals surface area contributed by atoms with Crippen molar-refractivity contribution in [2.24, 2.45) is 17.8 Å². The average Bonchev–Trinajstić information content (AvgIpc) is 2.68. The van der Waals surface area contributed by atoms with Crippen LogP contribution < -0.4 is 0 Å². The highest BCUT2D eigenvalue weighted by Crippen LogP contribution is 2.23. The van der Waals surface area contributed by atoms with Crippen molar-refractivity contribution in [3.63, 3.8) is 0 Å². The summed E-state index contributed by atoms with van der Waals surface area (Å²) in [7, 11) is 0. The van der Waals surface area contributed by atoms with Crippen molar-refractivity contribution in [2.45, 2.75) is 34.2 Å². The maximum absolute atomic E-state index is 4.35. The molecule has 0 aliphatic rings. The molecule has 17 heavy (non-hydrogen) atoms. The zero-order chi connectivity index (χ0) is 12.4. The second-order valence-corrected chi connectivity index (χ2v) is 5.25. The molecule has 2 rings (SSSR count). The smallest absolute Gasteiger partial charge is 0.197 e. The van der Waals surface area contributed by atoms with Gasteiger partial charge in [-0.05, 0) is 17.8 Å². The van der Waals surface area contributed by atoms with Crippen molar-refractivity contribution in [1.29, 1.82) is 0 Å². The van der Waals surface area contributed by atoms with Gasteiger partial charge in [0.15, 0.2) is 11.3 Å². The minimum Gasteiger partial charge on any atom is -0.314 e. The lowest BCUT2D eigenvalue weighted by Gasteiger charge is -2.25. The van der Waals surface area contributed by atoms with Crippen molar-refractivity contribution < 1.29 is 0 Å². The topological polar surface area (TPSA) is 43.6 Å². The van der Waals surface area contributed by atoms with Gasteiger partial charge in [-0.25, -0.2) is 15.0 Å². The van der Waals surface area contributed by atoms with Crippen LogP contribution in [0.5, 0.6) is 0 Å². The van der Waals surface area contributed by atoms with Crippen molar-refractivity contribution in [1.82, 2.24) is 19.5 Å². The van der Waals surface area contributed by atoms with Gasteiger partial charge < -0.3 is 4.57 Å². The SMILES string of the molecule is CC(C)C(Cn1cnc2nccnc21)C(C)C. The Kier molecular flexibility index (Phi) is 3.41. The molecule has 0 aliphatic heterocycles. The van der Waals surface area contributed by atoms with Crippen molar-refractivity contribution in [3.05, 3.63) is 18.7 Å². The van der Waals surface area contributed by atoms with Gasteiger partial charge in [0.05, 0.1) is 6.33 Å². The van der Waals surface area contributed by atoms with Gasteiger partial charge >= 0.3 is 0 Å². The summed E-state index contributed by atoms with van der Waals surface area (Å²) in [6.45, 7) is 10.1. The largest absolute Gasteiger partial charge is 0.314 e. The predicted octanol–water partition coefficient (Wildman–Crippen LogP) is 2.75. The molecule has 92 valence electrons. The van der Waals surface area contributed by atoms with Gasteiger partial charge in [-0.15, -0.1) is 0 Å². The van der Waals surface area contributed by atoms with E-state index in [0.29, 0.717) is 17.8 Å². The second-order valence-electron chi connectivity index (χ2n) is 5.25. The van der Waals surface area contributed by atoms with Gasteiger partial charge in [-0.2, -0.15) is 0 Å². The number of nitrogens with zero attached hydrogens (tertiary/aromatic N) is 4. The molecule has 2 aromatic rings. The van der Waals surface area contributed by atoms with Crippen LogP contribution in [0.2, 0.25) is 0 Å². The molecule has 0 bridgehead atoms. The minimum atomic E-state index is 0.634. The molecule has 2 heterocycles. The van der Waals surface area contributed by atoms with E-state index in [1.165, 1.54) is 0 Å². The molecule has 0 aromatic carbocycles. The van der Waals surface area contributed by atoms with Crippen LogP contribution in [0.1, 0.15) is 27.7 Å². The lowest BCUT2D eigenvalue weighted by Crippen LogP contribution is -2.21. The van der Waals surface area contributed by atoms with Crippen LogP contribution in [0.15, 0.2) is 18.7 Å². The maximum Gasteiger partial charge on any atom is 0.197 e. The summed E-state index contributed by atoms with van der Waals surface area (Å²) in [5, 5.41) is 0. The molecule has 0 spiro atoms.